The molecule has 3 N–H and O–H groups in total. The van der Waals surface area contributed by atoms with Crippen molar-refractivity contribution < 1.29 is 5.11 Å². The van der Waals surface area contributed by atoms with Crippen molar-refractivity contribution in [2.24, 2.45) is 5.73 Å². The van der Waals surface area contributed by atoms with Crippen molar-refractivity contribution in [2.45, 2.75) is 18.9 Å². The van der Waals surface area contributed by atoms with Crippen LogP contribution in [0, 0.1) is 11.3 Å². The van der Waals surface area contributed by atoms with Crippen LogP contribution in [0.15, 0.2) is 12.1 Å². The Bertz CT molecular complexity index is 393. The second kappa shape index (κ2) is 2.75. The topological polar surface area (TPSA) is 70.0 Å². The number of hydrogen-bond donors (Lipinski definition) is 2. The summed E-state index contributed by atoms with van der Waals surface area (Å²) in [6.45, 7) is 0. The molecule has 0 amide bonds. The molecule has 1 aliphatic rings. The zero-order chi connectivity index (χ0) is 9.42. The molecule has 0 bridgehead atoms. The molecule has 0 radical (unpaired) electrons. The van der Waals surface area contributed by atoms with Gasteiger partial charge in [-0.25, -0.2) is 0 Å². The fourth-order valence-corrected chi connectivity index (χ4v) is 1.77. The Labute approximate surface area is 76.4 Å². The monoisotopic (exact) mass is 174 g/mol. The number of nitrogens with zero attached hydrogens (tertiary/aromatic N) is 1. The summed E-state index contributed by atoms with van der Waals surface area (Å²) in [5.74, 6) is 0.0404. The van der Waals surface area contributed by atoms with E-state index in [-0.39, 0.29) is 11.8 Å². The molecule has 3 heteroatoms. The fourth-order valence-electron chi connectivity index (χ4n) is 1.77. The number of phenolic OH excluding ortho intramolecular Hbond substituents is 1. The van der Waals surface area contributed by atoms with Gasteiger partial charge in [0.1, 0.15) is 11.8 Å². The number of nitriles is 1. The van der Waals surface area contributed by atoms with Crippen molar-refractivity contribution in [1.29, 1.82) is 5.26 Å². The Morgan fingerprint density at radius 2 is 2.31 bits per heavy atom. The molecule has 0 unspecified atom stereocenters. The normalized spacial score (nSPS) is 19.5. The molecule has 13 heavy (non-hydrogen) atoms. The van der Waals surface area contributed by atoms with Crippen molar-refractivity contribution in [3.05, 3.63) is 28.8 Å². The van der Waals surface area contributed by atoms with Gasteiger partial charge in [0.2, 0.25) is 0 Å². The maximum absolute atomic E-state index is 9.41. The van der Waals surface area contributed by atoms with Gasteiger partial charge in [-0.2, -0.15) is 5.26 Å². The quantitative estimate of drug-likeness (QED) is 0.621. The number of aromatic hydroxyl groups is 1. The fraction of sp³-hybridized carbons (Fsp3) is 0.300. The van der Waals surface area contributed by atoms with Crippen molar-refractivity contribution >= 4 is 0 Å². The van der Waals surface area contributed by atoms with Crippen LogP contribution < -0.4 is 5.73 Å². The van der Waals surface area contributed by atoms with E-state index in [1.54, 1.807) is 12.1 Å². The molecule has 0 saturated carbocycles. The van der Waals surface area contributed by atoms with Crippen LogP contribution in [-0.4, -0.2) is 5.11 Å². The molecule has 0 heterocycles. The minimum atomic E-state index is 0.0219. The molecule has 0 saturated heterocycles. The van der Waals surface area contributed by atoms with E-state index in [2.05, 4.69) is 0 Å². The summed E-state index contributed by atoms with van der Waals surface area (Å²) < 4.78 is 0. The number of hydrogen-bond acceptors (Lipinski definition) is 3. The third kappa shape index (κ3) is 1.16. The average Bonchev–Trinajstić information content (AvgIpc) is 2.47. The summed E-state index contributed by atoms with van der Waals surface area (Å²) in [5, 5.41) is 18.1. The highest BCUT2D eigenvalue weighted by atomic mass is 16.3. The van der Waals surface area contributed by atoms with Gasteiger partial charge in [-0.1, -0.05) is 0 Å². The Kier molecular flexibility index (Phi) is 1.71. The Morgan fingerprint density at radius 1 is 1.54 bits per heavy atom. The van der Waals surface area contributed by atoms with Gasteiger partial charge >= 0.3 is 0 Å². The number of fused-ring (bicyclic) bond motifs is 1. The molecule has 1 aliphatic carbocycles. The lowest BCUT2D eigenvalue weighted by Crippen LogP contribution is -2.04. The molecular weight excluding hydrogens is 164 g/mol. The van der Waals surface area contributed by atoms with Crippen LogP contribution in [0.4, 0.5) is 0 Å². The lowest BCUT2D eigenvalue weighted by molar-refractivity contribution is 0.472. The van der Waals surface area contributed by atoms with Crippen molar-refractivity contribution in [3.8, 4) is 11.8 Å². The molecule has 0 spiro atoms. The van der Waals surface area contributed by atoms with E-state index in [4.69, 9.17) is 11.0 Å². The highest BCUT2D eigenvalue weighted by Gasteiger charge is 2.20. The number of benzene rings is 1. The standard InChI is InChI=1S/C10H10N2O/c11-5-7-3-6-1-2-9(12)8(6)4-10(7)13/h3-4,9,13H,1-2,12H2/t9-/m1/s1. The summed E-state index contributed by atoms with van der Waals surface area (Å²) in [4.78, 5) is 0. The summed E-state index contributed by atoms with van der Waals surface area (Å²) in [6, 6.07) is 5.32. The summed E-state index contributed by atoms with van der Waals surface area (Å²) in [7, 11) is 0. The lowest BCUT2D eigenvalue weighted by Gasteiger charge is -2.05. The summed E-state index contributed by atoms with van der Waals surface area (Å²) in [5.41, 5.74) is 8.24. The van der Waals surface area contributed by atoms with Gasteiger partial charge in [-0.15, -0.1) is 0 Å². The molecule has 0 fully saturated rings. The van der Waals surface area contributed by atoms with Crippen molar-refractivity contribution in [2.75, 3.05) is 0 Å². The van der Waals surface area contributed by atoms with Crippen molar-refractivity contribution in [1.82, 2.24) is 0 Å². The van der Waals surface area contributed by atoms with Gasteiger partial charge in [0.25, 0.3) is 0 Å². The first-order chi connectivity index (χ1) is 6.22. The molecule has 3 nitrogen and oxygen atoms in total. The first-order valence-electron chi connectivity index (χ1n) is 4.24. The van der Waals surface area contributed by atoms with Crippen LogP contribution in [0.1, 0.15) is 29.2 Å². The van der Waals surface area contributed by atoms with Crippen molar-refractivity contribution in [3.63, 3.8) is 0 Å². The Hall–Kier alpha value is -1.53. The van der Waals surface area contributed by atoms with Crippen LogP contribution in [-0.2, 0) is 6.42 Å². The Balaban J connectivity index is 2.58. The van der Waals surface area contributed by atoms with Crippen LogP contribution in [0.2, 0.25) is 0 Å². The SMILES string of the molecule is N#Cc1cc2c(cc1O)[C@H](N)CC2. The average molecular weight is 174 g/mol. The van der Waals surface area contributed by atoms with E-state index in [9.17, 15) is 5.11 Å². The van der Waals surface area contributed by atoms with Gasteiger partial charge in [0.15, 0.2) is 0 Å². The number of rotatable bonds is 0. The molecule has 1 atom stereocenters. The van der Waals surface area contributed by atoms with E-state index >= 15 is 0 Å². The minimum absolute atomic E-state index is 0.0219. The van der Waals surface area contributed by atoms with E-state index in [0.717, 1.165) is 24.0 Å². The smallest absolute Gasteiger partial charge is 0.133 e. The third-order valence-corrected chi connectivity index (χ3v) is 2.50. The number of nitrogens with two attached hydrogens (primary N) is 1. The van der Waals surface area contributed by atoms with E-state index in [1.165, 1.54) is 0 Å². The van der Waals surface area contributed by atoms with Crippen LogP contribution in [0.25, 0.3) is 0 Å². The maximum atomic E-state index is 9.41. The lowest BCUT2D eigenvalue weighted by atomic mass is 10.0. The van der Waals surface area contributed by atoms with Gasteiger partial charge < -0.3 is 10.8 Å². The molecule has 0 aliphatic heterocycles. The molecule has 0 aromatic heterocycles. The van der Waals surface area contributed by atoms with Gasteiger partial charge in [-0.05, 0) is 36.1 Å². The van der Waals surface area contributed by atoms with Gasteiger partial charge in [-0.3, -0.25) is 0 Å². The second-order valence-electron chi connectivity index (χ2n) is 3.33. The molecule has 66 valence electrons. The largest absolute Gasteiger partial charge is 0.507 e. The molecular formula is C10H10N2O. The zero-order valence-electron chi connectivity index (χ0n) is 7.12. The predicted octanol–water partition coefficient (Wildman–Crippen LogP) is 1.21. The van der Waals surface area contributed by atoms with Crippen LogP contribution >= 0.6 is 0 Å². The van der Waals surface area contributed by atoms with Crippen LogP contribution in [0.3, 0.4) is 0 Å². The maximum Gasteiger partial charge on any atom is 0.133 e. The number of aryl methyl sites for hydroxylation is 1. The molecule has 1 aromatic rings. The first-order valence-corrected chi connectivity index (χ1v) is 4.24. The van der Waals surface area contributed by atoms with Crippen LogP contribution in [0.5, 0.6) is 5.75 Å². The van der Waals surface area contributed by atoms with Gasteiger partial charge in [0, 0.05) is 6.04 Å². The minimum Gasteiger partial charge on any atom is -0.507 e. The molecule has 1 aromatic carbocycles. The Morgan fingerprint density at radius 3 is 3.00 bits per heavy atom. The summed E-state index contributed by atoms with van der Waals surface area (Å²) in [6.07, 6.45) is 1.81. The van der Waals surface area contributed by atoms with Gasteiger partial charge in [0.05, 0.1) is 5.56 Å². The number of phenols is 1. The zero-order valence-corrected chi connectivity index (χ0v) is 7.12. The highest BCUT2D eigenvalue weighted by Crippen LogP contribution is 2.33. The second-order valence-corrected chi connectivity index (χ2v) is 3.33. The third-order valence-electron chi connectivity index (χ3n) is 2.50. The van der Waals surface area contributed by atoms with E-state index < -0.39 is 0 Å². The predicted molar refractivity (Wildman–Crippen MR) is 48.1 cm³/mol. The molecule has 2 rings (SSSR count). The summed E-state index contributed by atoms with van der Waals surface area (Å²) >= 11 is 0. The highest BCUT2D eigenvalue weighted by molar-refractivity contribution is 5.50. The first kappa shape index (κ1) is 8.09. The van der Waals surface area contributed by atoms with E-state index in [1.807, 2.05) is 6.07 Å². The van der Waals surface area contributed by atoms with E-state index in [0.29, 0.717) is 5.56 Å².